The number of carbonyl (C=O) groups excluding carboxylic acids is 1. The van der Waals surface area contributed by atoms with Crippen molar-refractivity contribution in [2.24, 2.45) is 11.3 Å². The van der Waals surface area contributed by atoms with E-state index in [0.29, 0.717) is 6.54 Å². The lowest BCUT2D eigenvalue weighted by Crippen LogP contribution is -2.53. The van der Waals surface area contributed by atoms with Gasteiger partial charge in [-0.15, -0.1) is 0 Å². The Bertz CT molecular complexity index is 323. The number of carboxylic acid groups (broad SMARTS) is 1. The van der Waals surface area contributed by atoms with Gasteiger partial charge in [-0.25, -0.2) is 4.79 Å². The fraction of sp³-hybridized carbons (Fsp3) is 0.846. The highest BCUT2D eigenvalue weighted by Gasteiger charge is 2.36. The van der Waals surface area contributed by atoms with Crippen molar-refractivity contribution >= 4 is 12.0 Å². The molecule has 1 fully saturated rings. The first-order chi connectivity index (χ1) is 8.21. The molecular formula is C13H24N2O3. The monoisotopic (exact) mass is 256 g/mol. The summed E-state index contributed by atoms with van der Waals surface area (Å²) < 4.78 is 0. The van der Waals surface area contributed by atoms with Gasteiger partial charge in [-0.2, -0.15) is 0 Å². The van der Waals surface area contributed by atoms with Gasteiger partial charge in [0.05, 0.1) is 0 Å². The van der Waals surface area contributed by atoms with Gasteiger partial charge in [-0.3, -0.25) is 4.79 Å². The predicted molar refractivity (Wildman–Crippen MR) is 69.4 cm³/mol. The number of nitrogens with zero attached hydrogens (tertiary/aromatic N) is 1. The smallest absolute Gasteiger partial charge is 0.404 e. The Kier molecular flexibility index (Phi) is 4.59. The van der Waals surface area contributed by atoms with Crippen molar-refractivity contribution in [1.29, 1.82) is 0 Å². The highest BCUT2D eigenvalue weighted by Crippen LogP contribution is 2.31. The molecule has 18 heavy (non-hydrogen) atoms. The largest absolute Gasteiger partial charge is 0.465 e. The number of piperidine rings is 1. The molecule has 2 atom stereocenters. The second kappa shape index (κ2) is 5.59. The molecule has 1 rings (SSSR count). The maximum absolute atomic E-state index is 11.4. The maximum Gasteiger partial charge on any atom is 0.404 e. The molecule has 2 N–H and O–H groups in total. The summed E-state index contributed by atoms with van der Waals surface area (Å²) in [6.07, 6.45) is 0.916. The third-order valence-electron chi connectivity index (χ3n) is 3.59. The van der Waals surface area contributed by atoms with Gasteiger partial charge in [0, 0.05) is 26.1 Å². The van der Waals surface area contributed by atoms with E-state index in [9.17, 15) is 9.59 Å². The lowest BCUT2D eigenvalue weighted by Gasteiger charge is -2.42. The first-order valence-corrected chi connectivity index (χ1v) is 6.47. The van der Waals surface area contributed by atoms with Crippen molar-refractivity contribution in [3.05, 3.63) is 0 Å². The highest BCUT2D eigenvalue weighted by molar-refractivity contribution is 5.73. The summed E-state index contributed by atoms with van der Waals surface area (Å²) in [6.45, 7) is 9.09. The van der Waals surface area contributed by atoms with Crippen LogP contribution in [0, 0.1) is 11.3 Å². The average molecular weight is 256 g/mol. The Morgan fingerprint density at radius 2 is 2.00 bits per heavy atom. The van der Waals surface area contributed by atoms with E-state index in [0.717, 1.165) is 19.4 Å². The molecule has 5 heteroatoms. The van der Waals surface area contributed by atoms with Crippen LogP contribution in [0.2, 0.25) is 0 Å². The van der Waals surface area contributed by atoms with Crippen LogP contribution in [0.4, 0.5) is 4.79 Å². The van der Waals surface area contributed by atoms with Crippen molar-refractivity contribution in [3.63, 3.8) is 0 Å². The third-order valence-corrected chi connectivity index (χ3v) is 3.59. The summed E-state index contributed by atoms with van der Waals surface area (Å²) in [6, 6.07) is -0.128. The Hall–Kier alpha value is -1.26. The van der Waals surface area contributed by atoms with Crippen molar-refractivity contribution in [2.75, 3.05) is 13.1 Å². The van der Waals surface area contributed by atoms with Crippen LogP contribution in [0.15, 0.2) is 0 Å². The van der Waals surface area contributed by atoms with Crippen molar-refractivity contribution in [2.45, 2.75) is 46.6 Å². The normalized spacial score (nSPS) is 22.4. The summed E-state index contributed by atoms with van der Waals surface area (Å²) in [5.41, 5.74) is -0.150. The SMILES string of the molecule is CC(=O)N1CCCC(C(NC(=O)O)C(C)(C)C)C1. The van der Waals surface area contributed by atoms with Crippen molar-refractivity contribution in [1.82, 2.24) is 10.2 Å². The second-order valence-electron chi connectivity index (χ2n) is 6.16. The summed E-state index contributed by atoms with van der Waals surface area (Å²) in [5.74, 6) is 0.265. The molecule has 0 aromatic heterocycles. The molecule has 1 aliphatic heterocycles. The first-order valence-electron chi connectivity index (χ1n) is 6.47. The van der Waals surface area contributed by atoms with E-state index in [1.165, 1.54) is 0 Å². The molecule has 0 bridgehead atoms. The van der Waals surface area contributed by atoms with E-state index >= 15 is 0 Å². The van der Waals surface area contributed by atoms with Gasteiger partial charge in [0.25, 0.3) is 0 Å². The number of amides is 2. The molecule has 0 aliphatic carbocycles. The van der Waals surface area contributed by atoms with Crippen LogP contribution >= 0.6 is 0 Å². The fourth-order valence-electron chi connectivity index (χ4n) is 2.74. The Balaban J connectivity index is 2.79. The average Bonchev–Trinajstić information content (AvgIpc) is 2.24. The molecule has 2 unspecified atom stereocenters. The molecule has 0 aromatic carbocycles. The number of rotatable bonds is 2. The Morgan fingerprint density at radius 1 is 1.39 bits per heavy atom. The van der Waals surface area contributed by atoms with E-state index in [1.54, 1.807) is 6.92 Å². The molecular weight excluding hydrogens is 232 g/mol. The molecule has 104 valence electrons. The van der Waals surface area contributed by atoms with Crippen molar-refractivity contribution in [3.8, 4) is 0 Å². The summed E-state index contributed by atoms with van der Waals surface area (Å²) in [7, 11) is 0. The van der Waals surface area contributed by atoms with E-state index in [-0.39, 0.29) is 23.3 Å². The summed E-state index contributed by atoms with van der Waals surface area (Å²) >= 11 is 0. The van der Waals surface area contributed by atoms with Gasteiger partial charge < -0.3 is 15.3 Å². The maximum atomic E-state index is 11.4. The van der Waals surface area contributed by atoms with Gasteiger partial charge in [-0.05, 0) is 24.2 Å². The lowest BCUT2D eigenvalue weighted by molar-refractivity contribution is -0.131. The van der Waals surface area contributed by atoms with Gasteiger partial charge in [0.15, 0.2) is 0 Å². The summed E-state index contributed by atoms with van der Waals surface area (Å²) in [5, 5.41) is 11.6. The van der Waals surface area contributed by atoms with Crippen LogP contribution in [-0.2, 0) is 4.79 Å². The van der Waals surface area contributed by atoms with E-state index < -0.39 is 6.09 Å². The first kappa shape index (κ1) is 14.8. The number of nitrogens with one attached hydrogen (secondary N) is 1. The minimum absolute atomic E-state index is 0.0719. The topological polar surface area (TPSA) is 69.6 Å². The molecule has 1 aliphatic rings. The Morgan fingerprint density at radius 3 is 2.44 bits per heavy atom. The number of hydrogen-bond acceptors (Lipinski definition) is 2. The van der Waals surface area contributed by atoms with Crippen molar-refractivity contribution < 1.29 is 14.7 Å². The zero-order chi connectivity index (χ0) is 13.9. The van der Waals surface area contributed by atoms with Gasteiger partial charge >= 0.3 is 6.09 Å². The van der Waals surface area contributed by atoms with Crippen LogP contribution in [0.5, 0.6) is 0 Å². The van der Waals surface area contributed by atoms with E-state index in [4.69, 9.17) is 5.11 Å². The molecule has 2 amide bonds. The number of likely N-dealkylation sites (tertiary alicyclic amines) is 1. The number of hydrogen-bond donors (Lipinski definition) is 2. The quantitative estimate of drug-likeness (QED) is 0.793. The predicted octanol–water partition coefficient (Wildman–Crippen LogP) is 1.93. The molecule has 5 nitrogen and oxygen atoms in total. The van der Waals surface area contributed by atoms with Gasteiger partial charge in [0.1, 0.15) is 0 Å². The molecule has 0 aromatic rings. The minimum Gasteiger partial charge on any atom is -0.465 e. The van der Waals surface area contributed by atoms with Gasteiger partial charge in [-0.1, -0.05) is 20.8 Å². The second-order valence-corrected chi connectivity index (χ2v) is 6.16. The van der Waals surface area contributed by atoms with Crippen LogP contribution in [0.1, 0.15) is 40.5 Å². The Labute approximate surface area is 109 Å². The third kappa shape index (κ3) is 3.89. The van der Waals surface area contributed by atoms with Crippen LogP contribution in [-0.4, -0.2) is 41.1 Å². The van der Waals surface area contributed by atoms with Gasteiger partial charge in [0.2, 0.25) is 5.91 Å². The van der Waals surface area contributed by atoms with Crippen LogP contribution in [0.3, 0.4) is 0 Å². The summed E-state index contributed by atoms with van der Waals surface area (Å²) in [4.78, 5) is 24.2. The minimum atomic E-state index is -0.991. The standard InChI is InChI=1S/C13H24N2O3/c1-9(16)15-7-5-6-10(8-15)11(13(2,3)4)14-12(17)18/h10-11,14H,5-8H2,1-4H3,(H,17,18). The van der Waals surface area contributed by atoms with E-state index in [1.807, 2.05) is 25.7 Å². The molecule has 0 saturated carbocycles. The number of carbonyl (C=O) groups is 2. The fourth-order valence-corrected chi connectivity index (χ4v) is 2.74. The van der Waals surface area contributed by atoms with E-state index in [2.05, 4.69) is 5.32 Å². The molecule has 0 radical (unpaired) electrons. The zero-order valence-electron chi connectivity index (χ0n) is 11.7. The lowest BCUT2D eigenvalue weighted by atomic mass is 9.76. The zero-order valence-corrected chi connectivity index (χ0v) is 11.7. The van der Waals surface area contributed by atoms with Crippen LogP contribution < -0.4 is 5.32 Å². The molecule has 0 spiro atoms. The molecule has 1 heterocycles. The van der Waals surface area contributed by atoms with Crippen LogP contribution in [0.25, 0.3) is 0 Å². The molecule has 1 saturated heterocycles. The highest BCUT2D eigenvalue weighted by atomic mass is 16.4.